The number of carbonyl (C=O) groups excluding carboxylic acids is 1. The highest BCUT2D eigenvalue weighted by molar-refractivity contribution is 6.30. The maximum Gasteiger partial charge on any atom is 0.251 e. The highest BCUT2D eigenvalue weighted by Crippen LogP contribution is 2.24. The lowest BCUT2D eigenvalue weighted by atomic mass is 10.1. The van der Waals surface area contributed by atoms with E-state index in [2.05, 4.69) is 5.32 Å². The molecular weight excluding hydrogens is 366 g/mol. The molecule has 0 fully saturated rings. The van der Waals surface area contributed by atoms with Crippen LogP contribution < -0.4 is 14.8 Å². The fourth-order valence-corrected chi connectivity index (χ4v) is 2.71. The molecule has 0 aliphatic carbocycles. The summed E-state index contributed by atoms with van der Waals surface area (Å²) in [6.07, 6.45) is 1.57. The van der Waals surface area contributed by atoms with Gasteiger partial charge in [-0.1, -0.05) is 17.7 Å². The molecule has 0 unspecified atom stereocenters. The summed E-state index contributed by atoms with van der Waals surface area (Å²) < 4.78 is 16.7. The third-order valence-corrected chi connectivity index (χ3v) is 4.05. The van der Waals surface area contributed by atoms with Gasteiger partial charge in [0, 0.05) is 16.1 Å². The summed E-state index contributed by atoms with van der Waals surface area (Å²) in [5, 5.41) is 3.43. The number of hydrogen-bond acceptors (Lipinski definition) is 4. The SMILES string of the molecule is CCOc1ccc(C(=O)NCc2ccco2)cc1COc1cccc(Cl)c1. The van der Waals surface area contributed by atoms with E-state index in [1.54, 1.807) is 42.7 Å². The number of nitrogens with one attached hydrogen (secondary N) is 1. The van der Waals surface area contributed by atoms with Crippen LogP contribution in [0, 0.1) is 0 Å². The molecule has 27 heavy (non-hydrogen) atoms. The first-order valence-electron chi connectivity index (χ1n) is 8.60. The van der Waals surface area contributed by atoms with E-state index in [1.165, 1.54) is 0 Å². The van der Waals surface area contributed by atoms with E-state index in [0.717, 1.165) is 5.56 Å². The molecule has 5 nitrogen and oxygen atoms in total. The molecule has 0 bridgehead atoms. The van der Waals surface area contributed by atoms with Crippen molar-refractivity contribution in [1.29, 1.82) is 0 Å². The van der Waals surface area contributed by atoms with Gasteiger partial charge in [-0.2, -0.15) is 0 Å². The second-order valence-electron chi connectivity index (χ2n) is 5.76. The van der Waals surface area contributed by atoms with Crippen molar-refractivity contribution in [3.05, 3.63) is 82.8 Å². The molecule has 0 aliphatic rings. The van der Waals surface area contributed by atoms with Crippen molar-refractivity contribution >= 4 is 17.5 Å². The molecule has 1 heterocycles. The van der Waals surface area contributed by atoms with Gasteiger partial charge in [0.05, 0.1) is 19.4 Å². The predicted octanol–water partition coefficient (Wildman–Crippen LogP) is 4.84. The topological polar surface area (TPSA) is 60.7 Å². The van der Waals surface area contributed by atoms with Gasteiger partial charge in [0.2, 0.25) is 0 Å². The lowest BCUT2D eigenvalue weighted by molar-refractivity contribution is 0.0948. The lowest BCUT2D eigenvalue weighted by Crippen LogP contribution is -2.22. The normalized spacial score (nSPS) is 10.4. The second kappa shape index (κ2) is 9.14. The van der Waals surface area contributed by atoms with Crippen LogP contribution in [0.1, 0.15) is 28.6 Å². The smallest absolute Gasteiger partial charge is 0.251 e. The first-order valence-corrected chi connectivity index (χ1v) is 8.98. The molecule has 3 aromatic rings. The molecule has 1 amide bonds. The van der Waals surface area contributed by atoms with Gasteiger partial charge in [-0.05, 0) is 55.5 Å². The first-order chi connectivity index (χ1) is 13.2. The van der Waals surface area contributed by atoms with Crippen LogP contribution in [-0.4, -0.2) is 12.5 Å². The summed E-state index contributed by atoms with van der Waals surface area (Å²) in [7, 11) is 0. The van der Waals surface area contributed by atoms with E-state index < -0.39 is 0 Å². The van der Waals surface area contributed by atoms with Gasteiger partial charge in [0.1, 0.15) is 23.9 Å². The van der Waals surface area contributed by atoms with Gasteiger partial charge in [-0.3, -0.25) is 4.79 Å². The highest BCUT2D eigenvalue weighted by atomic mass is 35.5. The van der Waals surface area contributed by atoms with Gasteiger partial charge in [-0.25, -0.2) is 0 Å². The number of ether oxygens (including phenoxy) is 2. The van der Waals surface area contributed by atoms with Crippen LogP contribution in [-0.2, 0) is 13.2 Å². The maximum atomic E-state index is 12.4. The molecule has 0 aliphatic heterocycles. The van der Waals surface area contributed by atoms with Crippen molar-refractivity contribution < 1.29 is 18.7 Å². The van der Waals surface area contributed by atoms with Crippen LogP contribution in [0.2, 0.25) is 5.02 Å². The third-order valence-electron chi connectivity index (χ3n) is 3.82. The number of benzene rings is 2. The van der Waals surface area contributed by atoms with Gasteiger partial charge >= 0.3 is 0 Å². The predicted molar refractivity (Wildman–Crippen MR) is 103 cm³/mol. The van der Waals surface area contributed by atoms with Gasteiger partial charge in [0.15, 0.2) is 0 Å². The number of rotatable bonds is 8. The van der Waals surface area contributed by atoms with E-state index in [-0.39, 0.29) is 12.5 Å². The minimum atomic E-state index is -0.196. The Morgan fingerprint density at radius 2 is 2.00 bits per heavy atom. The molecule has 2 aromatic carbocycles. The Morgan fingerprint density at radius 3 is 2.74 bits per heavy atom. The van der Waals surface area contributed by atoms with Crippen molar-refractivity contribution in [2.75, 3.05) is 6.61 Å². The Kier molecular flexibility index (Phi) is 6.39. The van der Waals surface area contributed by atoms with E-state index in [1.807, 2.05) is 25.1 Å². The Balaban J connectivity index is 1.72. The molecule has 3 rings (SSSR count). The van der Waals surface area contributed by atoms with Crippen LogP contribution in [0.25, 0.3) is 0 Å². The molecular formula is C21H20ClNO4. The lowest BCUT2D eigenvalue weighted by Gasteiger charge is -2.13. The fourth-order valence-electron chi connectivity index (χ4n) is 2.53. The summed E-state index contributed by atoms with van der Waals surface area (Å²) >= 11 is 5.99. The molecule has 140 valence electrons. The van der Waals surface area contributed by atoms with Crippen LogP contribution >= 0.6 is 11.6 Å². The van der Waals surface area contributed by atoms with Crippen molar-refractivity contribution in [2.45, 2.75) is 20.1 Å². The first kappa shape index (κ1) is 18.9. The van der Waals surface area contributed by atoms with Crippen LogP contribution in [0.3, 0.4) is 0 Å². The summed E-state index contributed by atoms with van der Waals surface area (Å²) in [5.41, 5.74) is 1.30. The van der Waals surface area contributed by atoms with Crippen molar-refractivity contribution in [2.24, 2.45) is 0 Å². The highest BCUT2D eigenvalue weighted by Gasteiger charge is 2.12. The molecule has 1 aromatic heterocycles. The van der Waals surface area contributed by atoms with Crippen molar-refractivity contribution in [3.63, 3.8) is 0 Å². The average molecular weight is 386 g/mol. The standard InChI is InChI=1S/C21H20ClNO4/c1-2-25-20-9-8-15(21(24)23-13-19-7-4-10-26-19)11-16(20)14-27-18-6-3-5-17(22)12-18/h3-12H,2,13-14H2,1H3,(H,23,24). The van der Waals surface area contributed by atoms with Crippen molar-refractivity contribution in [1.82, 2.24) is 5.32 Å². The third kappa shape index (κ3) is 5.28. The Morgan fingerprint density at radius 1 is 1.11 bits per heavy atom. The number of hydrogen-bond donors (Lipinski definition) is 1. The van der Waals surface area contributed by atoms with E-state index in [0.29, 0.717) is 41.0 Å². The Bertz CT molecular complexity index is 893. The van der Waals surface area contributed by atoms with Gasteiger partial charge in [-0.15, -0.1) is 0 Å². The Hall–Kier alpha value is -2.92. The molecule has 0 saturated heterocycles. The molecule has 6 heteroatoms. The van der Waals surface area contributed by atoms with E-state index in [4.69, 9.17) is 25.5 Å². The zero-order valence-electron chi connectivity index (χ0n) is 14.9. The molecule has 0 spiro atoms. The number of halogens is 1. The van der Waals surface area contributed by atoms with Gasteiger partial charge < -0.3 is 19.2 Å². The summed E-state index contributed by atoms with van der Waals surface area (Å²) in [6, 6.07) is 16.0. The summed E-state index contributed by atoms with van der Waals surface area (Å²) in [5.74, 6) is 1.83. The molecule has 1 N–H and O–H groups in total. The maximum absolute atomic E-state index is 12.4. The zero-order chi connectivity index (χ0) is 19.1. The monoisotopic (exact) mass is 385 g/mol. The van der Waals surface area contributed by atoms with E-state index >= 15 is 0 Å². The summed E-state index contributed by atoms with van der Waals surface area (Å²) in [6.45, 7) is 3.02. The minimum Gasteiger partial charge on any atom is -0.493 e. The summed E-state index contributed by atoms with van der Waals surface area (Å²) in [4.78, 5) is 12.4. The van der Waals surface area contributed by atoms with Crippen LogP contribution in [0.15, 0.2) is 65.3 Å². The van der Waals surface area contributed by atoms with Crippen LogP contribution in [0.5, 0.6) is 11.5 Å². The minimum absolute atomic E-state index is 0.196. The molecule has 0 radical (unpaired) electrons. The van der Waals surface area contributed by atoms with Gasteiger partial charge in [0.25, 0.3) is 5.91 Å². The molecule has 0 saturated carbocycles. The van der Waals surface area contributed by atoms with E-state index in [9.17, 15) is 4.79 Å². The molecule has 0 atom stereocenters. The van der Waals surface area contributed by atoms with Crippen LogP contribution in [0.4, 0.5) is 0 Å². The average Bonchev–Trinajstić information content (AvgIpc) is 3.19. The fraction of sp³-hybridized carbons (Fsp3) is 0.190. The van der Waals surface area contributed by atoms with Crippen molar-refractivity contribution in [3.8, 4) is 11.5 Å². The second-order valence-corrected chi connectivity index (χ2v) is 6.20. The number of amides is 1. The zero-order valence-corrected chi connectivity index (χ0v) is 15.7. The quantitative estimate of drug-likeness (QED) is 0.602. The largest absolute Gasteiger partial charge is 0.493 e. The number of carbonyl (C=O) groups is 1. The Labute approximate surface area is 162 Å². The number of furan rings is 1.